The highest BCUT2D eigenvalue weighted by Crippen LogP contribution is 2.33. The molecule has 0 spiro atoms. The molecule has 3 aromatic heterocycles. The highest BCUT2D eigenvalue weighted by molar-refractivity contribution is 6.04. The van der Waals surface area contributed by atoms with Crippen LogP contribution in [0.2, 0.25) is 0 Å². The van der Waals surface area contributed by atoms with E-state index in [-0.39, 0.29) is 23.4 Å². The van der Waals surface area contributed by atoms with Gasteiger partial charge in [0.25, 0.3) is 5.91 Å². The zero-order valence-electron chi connectivity index (χ0n) is 20.7. The molecular weight excluding hydrogens is 515 g/mol. The molecule has 1 saturated heterocycles. The fourth-order valence-corrected chi connectivity index (χ4v) is 4.27. The number of nitrogens with zero attached hydrogens (tertiary/aromatic N) is 4. The van der Waals surface area contributed by atoms with E-state index in [0.717, 1.165) is 18.3 Å². The molecule has 13 heteroatoms. The zero-order valence-corrected chi connectivity index (χ0v) is 20.7. The predicted molar refractivity (Wildman–Crippen MR) is 137 cm³/mol. The number of likely N-dealkylation sites (tertiary alicyclic amines) is 1. The van der Waals surface area contributed by atoms with Crippen LogP contribution in [-0.2, 0) is 11.0 Å². The number of pyridine rings is 2. The minimum Gasteiger partial charge on any atom is -0.471 e. The molecule has 4 heterocycles. The summed E-state index contributed by atoms with van der Waals surface area (Å²) in [5.74, 6) is -0.355. The van der Waals surface area contributed by atoms with Crippen molar-refractivity contribution in [2.75, 3.05) is 23.7 Å². The Labute approximate surface area is 220 Å². The Morgan fingerprint density at radius 2 is 1.90 bits per heavy atom. The van der Waals surface area contributed by atoms with Crippen molar-refractivity contribution in [3.63, 3.8) is 0 Å². The quantitative estimate of drug-likeness (QED) is 0.309. The van der Waals surface area contributed by atoms with Gasteiger partial charge < -0.3 is 20.3 Å². The first kappa shape index (κ1) is 25.9. The minimum absolute atomic E-state index is 0.0835. The van der Waals surface area contributed by atoms with Crippen LogP contribution >= 0.6 is 0 Å². The van der Waals surface area contributed by atoms with Gasteiger partial charge in [-0.1, -0.05) is 6.92 Å². The van der Waals surface area contributed by atoms with Gasteiger partial charge in [0.05, 0.1) is 17.8 Å². The number of alkyl halides is 3. The summed E-state index contributed by atoms with van der Waals surface area (Å²) in [4.78, 5) is 34.4. The summed E-state index contributed by atoms with van der Waals surface area (Å²) in [5.41, 5.74) is 1.15. The summed E-state index contributed by atoms with van der Waals surface area (Å²) in [6, 6.07) is 9.75. The van der Waals surface area contributed by atoms with Crippen molar-refractivity contribution in [2.45, 2.75) is 32.0 Å². The number of carbonyl (C=O) groups excluding carboxylic acids is 2. The van der Waals surface area contributed by atoms with E-state index in [4.69, 9.17) is 4.74 Å². The number of fused-ring (bicyclic) bond motifs is 1. The molecule has 1 fully saturated rings. The Hall–Kier alpha value is -4.68. The Kier molecular flexibility index (Phi) is 7.05. The number of aromatic nitrogens is 4. The van der Waals surface area contributed by atoms with Crippen LogP contribution in [0.4, 0.5) is 30.4 Å². The number of halogens is 3. The van der Waals surface area contributed by atoms with Crippen LogP contribution in [0.3, 0.4) is 0 Å². The first-order chi connectivity index (χ1) is 18.7. The lowest BCUT2D eigenvalue weighted by Crippen LogP contribution is -2.30. The van der Waals surface area contributed by atoms with Crippen LogP contribution in [-0.4, -0.2) is 56.1 Å². The van der Waals surface area contributed by atoms with Crippen molar-refractivity contribution < 1.29 is 27.5 Å². The number of anilines is 3. The number of hydrogen-bond acceptors (Lipinski definition) is 7. The van der Waals surface area contributed by atoms with Gasteiger partial charge in [0, 0.05) is 43.0 Å². The first-order valence-electron chi connectivity index (χ1n) is 12.2. The average Bonchev–Trinajstić information content (AvgIpc) is 3.56. The molecule has 0 saturated carbocycles. The number of hydrogen-bond donors (Lipinski definition) is 3. The third kappa shape index (κ3) is 5.76. The van der Waals surface area contributed by atoms with Crippen LogP contribution in [0.15, 0.2) is 54.9 Å². The largest absolute Gasteiger partial charge is 0.471 e. The number of aromatic amines is 1. The molecule has 39 heavy (non-hydrogen) atoms. The van der Waals surface area contributed by atoms with Crippen LogP contribution < -0.4 is 15.4 Å². The Morgan fingerprint density at radius 1 is 1.13 bits per heavy atom. The van der Waals surface area contributed by atoms with E-state index in [9.17, 15) is 22.8 Å². The van der Waals surface area contributed by atoms with Crippen molar-refractivity contribution in [1.29, 1.82) is 0 Å². The van der Waals surface area contributed by atoms with Gasteiger partial charge in [-0.3, -0.25) is 14.7 Å². The molecule has 10 nitrogen and oxygen atoms in total. The summed E-state index contributed by atoms with van der Waals surface area (Å²) in [7, 11) is 0. The SMILES string of the molecule is CCC(=O)N1CC[C@@H](Oc2n[nH]c3nccc(Nc4ccc(C(=O)Nc5cc(C(F)(F)F)ccn5)cc4)c23)C1. The van der Waals surface area contributed by atoms with E-state index in [0.29, 0.717) is 54.2 Å². The molecule has 202 valence electrons. The predicted octanol–water partition coefficient (Wildman–Crippen LogP) is 4.76. The second-order valence-corrected chi connectivity index (χ2v) is 8.92. The maximum atomic E-state index is 12.9. The maximum Gasteiger partial charge on any atom is 0.416 e. The smallest absolute Gasteiger partial charge is 0.416 e. The van der Waals surface area contributed by atoms with E-state index in [2.05, 4.69) is 30.8 Å². The van der Waals surface area contributed by atoms with Gasteiger partial charge >= 0.3 is 6.18 Å². The molecular formula is C26H24F3N7O3. The van der Waals surface area contributed by atoms with E-state index in [1.807, 2.05) is 6.92 Å². The topological polar surface area (TPSA) is 125 Å². The van der Waals surface area contributed by atoms with Crippen LogP contribution in [0.1, 0.15) is 35.7 Å². The molecule has 0 radical (unpaired) electrons. The third-order valence-corrected chi connectivity index (χ3v) is 6.26. The van der Waals surface area contributed by atoms with Crippen LogP contribution in [0.5, 0.6) is 5.88 Å². The highest BCUT2D eigenvalue weighted by Gasteiger charge is 2.31. The zero-order chi connectivity index (χ0) is 27.6. The molecule has 3 N–H and O–H groups in total. The van der Waals surface area contributed by atoms with E-state index in [1.54, 1.807) is 29.3 Å². The van der Waals surface area contributed by atoms with E-state index in [1.165, 1.54) is 12.1 Å². The second kappa shape index (κ2) is 10.6. The summed E-state index contributed by atoms with van der Waals surface area (Å²) in [6.45, 7) is 2.95. The molecule has 2 amide bonds. The number of nitrogens with one attached hydrogen (secondary N) is 3. The molecule has 1 aliphatic heterocycles. The molecule has 5 rings (SSSR count). The van der Waals surface area contributed by atoms with Gasteiger partial charge in [-0.25, -0.2) is 9.97 Å². The minimum atomic E-state index is -4.54. The third-order valence-electron chi connectivity index (χ3n) is 6.26. The molecule has 0 bridgehead atoms. The van der Waals surface area contributed by atoms with Gasteiger partial charge in [0.1, 0.15) is 17.3 Å². The van der Waals surface area contributed by atoms with Gasteiger partial charge in [0.15, 0.2) is 5.65 Å². The Morgan fingerprint density at radius 3 is 2.64 bits per heavy atom. The second-order valence-electron chi connectivity index (χ2n) is 8.92. The van der Waals surface area contributed by atoms with Gasteiger partial charge in [0.2, 0.25) is 11.8 Å². The Balaban J connectivity index is 1.28. The molecule has 4 aromatic rings. The van der Waals surface area contributed by atoms with Gasteiger partial charge in [-0.05, 0) is 42.5 Å². The van der Waals surface area contributed by atoms with Crippen molar-refractivity contribution >= 4 is 40.0 Å². The fourth-order valence-electron chi connectivity index (χ4n) is 4.27. The van der Waals surface area contributed by atoms with Crippen LogP contribution in [0.25, 0.3) is 11.0 Å². The first-order valence-corrected chi connectivity index (χ1v) is 12.2. The summed E-state index contributed by atoms with van der Waals surface area (Å²) in [6.07, 6.45) is -0.999. The maximum absolute atomic E-state index is 12.9. The highest BCUT2D eigenvalue weighted by atomic mass is 19.4. The van der Waals surface area contributed by atoms with E-state index >= 15 is 0 Å². The normalized spacial score (nSPS) is 15.4. The monoisotopic (exact) mass is 539 g/mol. The van der Waals surface area contributed by atoms with E-state index < -0.39 is 17.6 Å². The molecule has 0 aliphatic carbocycles. The Bertz CT molecular complexity index is 1500. The molecule has 1 aromatic carbocycles. The van der Waals surface area contributed by atoms with Crippen molar-refractivity contribution in [3.05, 3.63) is 66.0 Å². The van der Waals surface area contributed by atoms with Crippen molar-refractivity contribution in [1.82, 2.24) is 25.1 Å². The lowest BCUT2D eigenvalue weighted by Gasteiger charge is -2.16. The molecule has 1 atom stereocenters. The summed E-state index contributed by atoms with van der Waals surface area (Å²) < 4.78 is 44.9. The summed E-state index contributed by atoms with van der Waals surface area (Å²) in [5, 5.41) is 13.4. The number of rotatable bonds is 7. The standard InChI is InChI=1S/C26H24F3N7O3/c1-2-21(37)36-12-9-18(14-36)39-25-22-19(8-11-31-23(22)34-35-25)32-17-5-3-15(4-6-17)24(38)33-20-13-16(7-10-30-20)26(27,28)29/h3-8,10-11,13,18H,2,9,12,14H2,1H3,(H,30,33,38)(H2,31,32,34,35)/t18-/m1/s1. The van der Waals surface area contributed by atoms with Crippen molar-refractivity contribution in [2.24, 2.45) is 0 Å². The lowest BCUT2D eigenvalue weighted by molar-refractivity contribution is -0.137. The fraction of sp³-hybridized carbons (Fsp3) is 0.269. The number of benzene rings is 1. The van der Waals surface area contributed by atoms with Crippen LogP contribution in [0, 0.1) is 0 Å². The molecule has 1 aliphatic rings. The average molecular weight is 540 g/mol. The lowest BCUT2D eigenvalue weighted by atomic mass is 10.1. The van der Waals surface area contributed by atoms with Crippen molar-refractivity contribution in [3.8, 4) is 5.88 Å². The molecule has 0 unspecified atom stereocenters. The number of H-pyrrole nitrogens is 1. The number of carbonyl (C=O) groups is 2. The number of ether oxygens (including phenoxy) is 1. The van der Waals surface area contributed by atoms with Gasteiger partial charge in [-0.15, -0.1) is 5.10 Å². The summed E-state index contributed by atoms with van der Waals surface area (Å²) >= 11 is 0. The van der Waals surface area contributed by atoms with Gasteiger partial charge in [-0.2, -0.15) is 13.2 Å². The number of amides is 2.